The molecule has 0 spiro atoms. The van der Waals surface area contributed by atoms with Gasteiger partial charge in [0.25, 0.3) is 5.56 Å². The van der Waals surface area contributed by atoms with Crippen molar-refractivity contribution in [1.82, 2.24) is 14.5 Å². The highest BCUT2D eigenvalue weighted by Gasteiger charge is 2.14. The van der Waals surface area contributed by atoms with E-state index in [9.17, 15) is 4.79 Å². The number of hydrogen-bond donors (Lipinski definition) is 0. The fourth-order valence-electron chi connectivity index (χ4n) is 2.67. The summed E-state index contributed by atoms with van der Waals surface area (Å²) < 4.78 is 6.85. The zero-order chi connectivity index (χ0) is 19.6. The minimum Gasteiger partial charge on any atom is -0.496 e. The second-order valence-electron chi connectivity index (χ2n) is 6.34. The molecule has 0 radical (unpaired) electrons. The van der Waals surface area contributed by atoms with Crippen LogP contribution in [0.1, 0.15) is 11.3 Å². The molecule has 3 aromatic rings. The van der Waals surface area contributed by atoms with Crippen LogP contribution in [0.25, 0.3) is 5.69 Å². The van der Waals surface area contributed by atoms with Crippen molar-refractivity contribution in [2.45, 2.75) is 23.8 Å². The van der Waals surface area contributed by atoms with Crippen LogP contribution < -0.4 is 15.2 Å². The van der Waals surface area contributed by atoms with Crippen molar-refractivity contribution in [3.63, 3.8) is 0 Å². The van der Waals surface area contributed by atoms with E-state index >= 15 is 0 Å². The Kier molecular flexibility index (Phi) is 5.51. The van der Waals surface area contributed by atoms with Gasteiger partial charge in [-0.05, 0) is 49.7 Å². The van der Waals surface area contributed by atoms with Gasteiger partial charge in [0.15, 0.2) is 0 Å². The smallest absolute Gasteiger partial charge is 0.272 e. The maximum Gasteiger partial charge on any atom is 0.272 e. The molecule has 0 amide bonds. The van der Waals surface area contributed by atoms with Crippen molar-refractivity contribution >= 4 is 17.4 Å². The molecule has 6 nitrogen and oxygen atoms in total. The zero-order valence-electron chi connectivity index (χ0n) is 16.1. The van der Waals surface area contributed by atoms with Gasteiger partial charge in [-0.2, -0.15) is 0 Å². The Balaban J connectivity index is 2.03. The summed E-state index contributed by atoms with van der Waals surface area (Å²) in [7, 11) is 5.57. The van der Waals surface area contributed by atoms with Gasteiger partial charge in [0.1, 0.15) is 22.0 Å². The summed E-state index contributed by atoms with van der Waals surface area (Å²) in [5.41, 5.74) is 3.30. The summed E-state index contributed by atoms with van der Waals surface area (Å²) in [4.78, 5) is 24.5. The largest absolute Gasteiger partial charge is 0.496 e. The molecule has 140 valence electrons. The lowest BCUT2D eigenvalue weighted by atomic mass is 10.2. The average Bonchev–Trinajstić information content (AvgIpc) is 2.65. The number of rotatable bonds is 5. The molecule has 3 rings (SSSR count). The lowest BCUT2D eigenvalue weighted by Gasteiger charge is -2.14. The van der Waals surface area contributed by atoms with Crippen molar-refractivity contribution in [2.24, 2.45) is 0 Å². The van der Waals surface area contributed by atoms with Crippen molar-refractivity contribution in [3.8, 4) is 11.4 Å². The molecule has 0 saturated carbocycles. The maximum absolute atomic E-state index is 13.1. The summed E-state index contributed by atoms with van der Waals surface area (Å²) in [6.07, 6.45) is 3.31. The second kappa shape index (κ2) is 7.84. The molecule has 0 aliphatic heterocycles. The Hall–Kier alpha value is -2.80. The van der Waals surface area contributed by atoms with Gasteiger partial charge in [0.05, 0.1) is 18.5 Å². The van der Waals surface area contributed by atoms with Crippen LogP contribution in [-0.4, -0.2) is 35.7 Å². The van der Waals surface area contributed by atoms with E-state index < -0.39 is 0 Å². The van der Waals surface area contributed by atoms with Gasteiger partial charge >= 0.3 is 0 Å². The van der Waals surface area contributed by atoms with Crippen LogP contribution in [0.5, 0.6) is 5.75 Å². The molecule has 0 aliphatic carbocycles. The number of hydrogen-bond acceptors (Lipinski definition) is 6. The third-order valence-electron chi connectivity index (χ3n) is 4.21. The van der Waals surface area contributed by atoms with Crippen LogP contribution >= 0.6 is 11.8 Å². The molecular formula is C20H22N4O2S. The number of aromatic nitrogens is 3. The zero-order valence-corrected chi connectivity index (χ0v) is 16.9. The van der Waals surface area contributed by atoms with E-state index in [-0.39, 0.29) is 5.56 Å². The van der Waals surface area contributed by atoms with E-state index in [0.29, 0.717) is 10.6 Å². The molecule has 0 saturated heterocycles. The molecule has 1 aromatic carbocycles. The third kappa shape index (κ3) is 3.98. The molecule has 0 fully saturated rings. The Morgan fingerprint density at radius 3 is 2.56 bits per heavy atom. The first-order valence-electron chi connectivity index (χ1n) is 8.45. The normalized spacial score (nSPS) is 10.7. The summed E-state index contributed by atoms with van der Waals surface area (Å²) >= 11 is 1.33. The fraction of sp³-hybridized carbons (Fsp3) is 0.250. The molecule has 0 aliphatic rings. The van der Waals surface area contributed by atoms with E-state index in [2.05, 4.69) is 9.97 Å². The van der Waals surface area contributed by atoms with Gasteiger partial charge in [-0.15, -0.1) is 0 Å². The molecule has 0 N–H and O–H groups in total. The first kappa shape index (κ1) is 19.0. The minimum atomic E-state index is -0.117. The highest BCUT2D eigenvalue weighted by molar-refractivity contribution is 7.99. The number of methoxy groups -OCH3 is 1. The van der Waals surface area contributed by atoms with E-state index in [4.69, 9.17) is 4.74 Å². The van der Waals surface area contributed by atoms with Gasteiger partial charge in [-0.25, -0.2) is 9.97 Å². The van der Waals surface area contributed by atoms with Crippen molar-refractivity contribution in [1.29, 1.82) is 0 Å². The van der Waals surface area contributed by atoms with Crippen LogP contribution in [0.2, 0.25) is 0 Å². The predicted octanol–water partition coefficient (Wildman–Crippen LogP) is 3.47. The summed E-state index contributed by atoms with van der Waals surface area (Å²) in [6, 6.07) is 9.50. The Labute approximate surface area is 162 Å². The third-order valence-corrected chi connectivity index (χ3v) is 5.31. The molecule has 27 heavy (non-hydrogen) atoms. The van der Waals surface area contributed by atoms with Crippen LogP contribution in [0.4, 0.5) is 5.69 Å². The van der Waals surface area contributed by atoms with E-state index in [1.165, 1.54) is 11.8 Å². The Bertz CT molecular complexity index is 1030. The first-order chi connectivity index (χ1) is 12.9. The van der Waals surface area contributed by atoms with Gasteiger partial charge in [0, 0.05) is 26.0 Å². The number of ether oxygens (including phenoxy) is 1. The average molecular weight is 382 g/mol. The van der Waals surface area contributed by atoms with E-state index in [0.717, 1.165) is 27.7 Å². The molecule has 0 atom stereocenters. The van der Waals surface area contributed by atoms with Crippen LogP contribution in [0.15, 0.2) is 57.6 Å². The molecule has 0 bridgehead atoms. The Morgan fingerprint density at radius 1 is 1.11 bits per heavy atom. The molecular weight excluding hydrogens is 360 g/mol. The monoisotopic (exact) mass is 382 g/mol. The summed E-state index contributed by atoms with van der Waals surface area (Å²) in [6.45, 7) is 3.78. The van der Waals surface area contributed by atoms with Gasteiger partial charge < -0.3 is 9.64 Å². The van der Waals surface area contributed by atoms with Crippen LogP contribution in [-0.2, 0) is 0 Å². The molecule has 0 unspecified atom stereocenters. The first-order valence-corrected chi connectivity index (χ1v) is 9.27. The number of aryl methyl sites for hydroxylation is 2. The van der Waals surface area contributed by atoms with Gasteiger partial charge in [-0.3, -0.25) is 9.36 Å². The van der Waals surface area contributed by atoms with E-state index in [1.54, 1.807) is 24.2 Å². The summed E-state index contributed by atoms with van der Waals surface area (Å²) in [5, 5.41) is 0.756. The minimum absolute atomic E-state index is 0.117. The number of nitrogens with zero attached hydrogens (tertiary/aromatic N) is 4. The lowest BCUT2D eigenvalue weighted by Crippen LogP contribution is -2.21. The van der Waals surface area contributed by atoms with Crippen molar-refractivity contribution < 1.29 is 4.74 Å². The molecule has 7 heteroatoms. The quantitative estimate of drug-likeness (QED) is 0.673. The lowest BCUT2D eigenvalue weighted by molar-refractivity contribution is 0.411. The molecule has 2 aromatic heterocycles. The highest BCUT2D eigenvalue weighted by atomic mass is 32.2. The summed E-state index contributed by atoms with van der Waals surface area (Å²) in [5.74, 6) is 0.783. The number of anilines is 1. The standard InChI is InChI=1S/C20H22N4O2S/c1-13-10-16(6-7-17(13)26-5)24-12-22-14(2)19(20(24)25)27-18-11-15(23(3)4)8-9-21-18/h6-12H,1-5H3. The number of pyridine rings is 1. The second-order valence-corrected chi connectivity index (χ2v) is 7.37. The fourth-order valence-corrected chi connectivity index (χ4v) is 3.56. The van der Waals surface area contributed by atoms with Gasteiger partial charge in [0.2, 0.25) is 0 Å². The van der Waals surface area contributed by atoms with Crippen LogP contribution in [0, 0.1) is 13.8 Å². The van der Waals surface area contributed by atoms with Crippen LogP contribution in [0.3, 0.4) is 0 Å². The van der Waals surface area contributed by atoms with Crippen molar-refractivity contribution in [3.05, 3.63) is 64.5 Å². The van der Waals surface area contributed by atoms with Crippen molar-refractivity contribution in [2.75, 3.05) is 26.1 Å². The topological polar surface area (TPSA) is 60.2 Å². The predicted molar refractivity (Wildman–Crippen MR) is 109 cm³/mol. The molecule has 2 heterocycles. The van der Waals surface area contributed by atoms with E-state index in [1.807, 2.05) is 63.2 Å². The Morgan fingerprint density at radius 2 is 1.89 bits per heavy atom. The highest BCUT2D eigenvalue weighted by Crippen LogP contribution is 2.28. The SMILES string of the molecule is COc1ccc(-n2cnc(C)c(Sc3cc(N(C)C)ccn3)c2=O)cc1C. The van der Waals surface area contributed by atoms with Gasteiger partial charge in [-0.1, -0.05) is 11.8 Å². The maximum atomic E-state index is 13.1. The number of benzene rings is 1.